The molecule has 5 aliphatic heterocycles. The summed E-state index contributed by atoms with van der Waals surface area (Å²) < 4.78 is 12.1. The smallest absolute Gasteiger partial charge is 0.309 e. The SMILES string of the molecule is CON1C(=O)[C@@]2(C[C@@H]3N=C([C@](C)(O)C[C@@H]4C(=O)O[C@H]5C[C@H](C)[C@@H](CO)[C@@H]54)[C@@H]4C[C@H]2OC[C@H]34)c2ccccc21. The third-order valence-corrected chi connectivity index (χ3v) is 10.7. The van der Waals surface area contributed by atoms with Gasteiger partial charge in [0, 0.05) is 30.1 Å². The van der Waals surface area contributed by atoms with Crippen molar-refractivity contribution in [3.8, 4) is 0 Å². The Labute approximate surface area is 222 Å². The monoisotopic (exact) mass is 524 g/mol. The topological polar surface area (TPSA) is 118 Å². The summed E-state index contributed by atoms with van der Waals surface area (Å²) >= 11 is 0. The standard InChI is InChI=1S/C29H36N2O7/c1-14-8-22-24(17(14)12-32)16(26(33)38-22)10-28(2,35)25-15-9-23-29(11-20(30-25)18(15)13-37-23)19-6-4-5-7-21(19)31(36-3)27(29)34/h4-7,14-18,20,22-24,32,35H,8-13H2,1-3H3/t14-,15+,16-,17+,18-,20-,22-,23+,24-,28+,29-/m0/s1. The minimum Gasteiger partial charge on any atom is -0.462 e. The van der Waals surface area contributed by atoms with Crippen LogP contribution in [0.25, 0.3) is 0 Å². The van der Waals surface area contributed by atoms with Crippen LogP contribution >= 0.6 is 0 Å². The maximum Gasteiger partial charge on any atom is 0.309 e. The van der Waals surface area contributed by atoms with Crippen molar-refractivity contribution < 1.29 is 34.1 Å². The van der Waals surface area contributed by atoms with Gasteiger partial charge < -0.3 is 19.7 Å². The number of aliphatic hydroxyl groups is 2. The lowest BCUT2D eigenvalue weighted by Gasteiger charge is -2.41. The summed E-state index contributed by atoms with van der Waals surface area (Å²) in [6.07, 6.45) is 1.49. The van der Waals surface area contributed by atoms with E-state index in [1.165, 1.54) is 12.2 Å². The Hall–Kier alpha value is -2.33. The minimum absolute atomic E-state index is 0.0124. The van der Waals surface area contributed by atoms with Gasteiger partial charge in [-0.3, -0.25) is 19.4 Å². The van der Waals surface area contributed by atoms with Gasteiger partial charge in [-0.05, 0) is 56.1 Å². The molecule has 204 valence electrons. The number of nitrogens with zero attached hydrogens (tertiary/aromatic N) is 2. The fraction of sp³-hybridized carbons (Fsp3) is 0.690. The van der Waals surface area contributed by atoms with Gasteiger partial charge in [-0.15, -0.1) is 0 Å². The van der Waals surface area contributed by atoms with E-state index in [2.05, 4.69) is 6.92 Å². The van der Waals surface area contributed by atoms with Crippen LogP contribution in [0.15, 0.2) is 29.3 Å². The van der Waals surface area contributed by atoms with E-state index < -0.39 is 16.9 Å². The Morgan fingerprint density at radius 1 is 1.26 bits per heavy atom. The number of aliphatic imine (C=N–C) groups is 1. The zero-order valence-electron chi connectivity index (χ0n) is 22.1. The molecule has 0 aromatic heterocycles. The summed E-state index contributed by atoms with van der Waals surface area (Å²) in [6.45, 7) is 4.35. The highest BCUT2D eigenvalue weighted by Gasteiger charge is 2.66. The number of benzene rings is 1. The lowest BCUT2D eigenvalue weighted by molar-refractivity contribution is -0.146. The second-order valence-electron chi connectivity index (χ2n) is 12.6. The summed E-state index contributed by atoms with van der Waals surface area (Å²) in [5.74, 6) is -0.660. The van der Waals surface area contributed by atoms with Gasteiger partial charge in [0.15, 0.2) is 0 Å². The molecule has 1 spiro atoms. The predicted octanol–water partition coefficient (Wildman–Crippen LogP) is 2.03. The third kappa shape index (κ3) is 3.10. The number of hydrogen-bond acceptors (Lipinski definition) is 8. The molecule has 2 aliphatic carbocycles. The van der Waals surface area contributed by atoms with Crippen molar-refractivity contribution in [2.45, 2.75) is 68.8 Å². The first-order chi connectivity index (χ1) is 18.2. The van der Waals surface area contributed by atoms with Crippen molar-refractivity contribution in [3.05, 3.63) is 29.8 Å². The number of para-hydroxylation sites is 1. The molecule has 4 bridgehead atoms. The van der Waals surface area contributed by atoms with Gasteiger partial charge in [-0.1, -0.05) is 25.1 Å². The number of hydroxylamine groups is 1. The fourth-order valence-electron chi connectivity index (χ4n) is 9.03. The molecule has 2 saturated carbocycles. The van der Waals surface area contributed by atoms with Crippen LogP contribution in [0, 0.1) is 35.5 Å². The number of anilines is 1. The first-order valence-corrected chi connectivity index (χ1v) is 13.9. The number of amides is 1. The normalized spacial score (nSPS) is 44.2. The molecule has 5 fully saturated rings. The van der Waals surface area contributed by atoms with Crippen LogP contribution in [-0.2, 0) is 29.3 Å². The van der Waals surface area contributed by atoms with Gasteiger partial charge in [0.2, 0.25) is 0 Å². The molecule has 9 heteroatoms. The lowest BCUT2D eigenvalue weighted by atomic mass is 9.70. The maximum absolute atomic E-state index is 13.9. The second kappa shape index (κ2) is 8.34. The van der Waals surface area contributed by atoms with Gasteiger partial charge in [0.05, 0.1) is 37.5 Å². The molecule has 2 N–H and O–H groups in total. The van der Waals surface area contributed by atoms with E-state index >= 15 is 0 Å². The molecule has 0 unspecified atom stereocenters. The highest BCUT2D eigenvalue weighted by molar-refractivity contribution is 6.08. The van der Waals surface area contributed by atoms with Gasteiger partial charge in [-0.2, -0.15) is 5.06 Å². The number of hydrogen-bond donors (Lipinski definition) is 2. The van der Waals surface area contributed by atoms with Crippen LogP contribution < -0.4 is 5.06 Å². The molecule has 0 radical (unpaired) electrons. The predicted molar refractivity (Wildman–Crippen MR) is 136 cm³/mol. The van der Waals surface area contributed by atoms with Crippen molar-refractivity contribution in [3.63, 3.8) is 0 Å². The van der Waals surface area contributed by atoms with E-state index in [0.29, 0.717) is 19.4 Å². The van der Waals surface area contributed by atoms with Gasteiger partial charge >= 0.3 is 5.97 Å². The fourth-order valence-corrected chi connectivity index (χ4v) is 9.03. The molecule has 8 rings (SSSR count). The molecule has 11 atom stereocenters. The van der Waals surface area contributed by atoms with E-state index in [1.807, 2.05) is 24.3 Å². The van der Waals surface area contributed by atoms with Crippen LogP contribution in [-0.4, -0.2) is 72.0 Å². The Balaban J connectivity index is 1.21. The summed E-state index contributed by atoms with van der Waals surface area (Å²) in [4.78, 5) is 37.4. The van der Waals surface area contributed by atoms with E-state index in [1.54, 1.807) is 6.92 Å². The number of rotatable bonds is 5. The van der Waals surface area contributed by atoms with E-state index in [9.17, 15) is 19.8 Å². The number of ether oxygens (including phenoxy) is 2. The lowest BCUT2D eigenvalue weighted by Crippen LogP contribution is -2.53. The summed E-state index contributed by atoms with van der Waals surface area (Å²) in [5, 5.41) is 23.3. The number of carbonyl (C=O) groups is 2. The highest BCUT2D eigenvalue weighted by Crippen LogP contribution is 2.58. The third-order valence-electron chi connectivity index (χ3n) is 10.7. The Kier molecular flexibility index (Phi) is 5.42. The molecular weight excluding hydrogens is 488 g/mol. The Morgan fingerprint density at radius 3 is 2.82 bits per heavy atom. The van der Waals surface area contributed by atoms with Crippen LogP contribution in [0.3, 0.4) is 0 Å². The molecule has 3 saturated heterocycles. The summed E-state index contributed by atoms with van der Waals surface area (Å²) in [7, 11) is 1.51. The summed E-state index contributed by atoms with van der Waals surface area (Å²) in [5.41, 5.74) is 0.211. The van der Waals surface area contributed by atoms with Gasteiger partial charge in [0.1, 0.15) is 17.1 Å². The molecule has 7 aliphatic rings. The van der Waals surface area contributed by atoms with Crippen LogP contribution in [0.2, 0.25) is 0 Å². The average molecular weight is 525 g/mol. The van der Waals surface area contributed by atoms with E-state index in [0.717, 1.165) is 23.4 Å². The zero-order chi connectivity index (χ0) is 26.6. The number of aliphatic hydroxyl groups excluding tert-OH is 1. The van der Waals surface area contributed by atoms with Gasteiger partial charge in [0.25, 0.3) is 5.91 Å². The van der Waals surface area contributed by atoms with Crippen molar-refractivity contribution in [2.75, 3.05) is 25.4 Å². The van der Waals surface area contributed by atoms with Crippen LogP contribution in [0.5, 0.6) is 0 Å². The molecule has 38 heavy (non-hydrogen) atoms. The van der Waals surface area contributed by atoms with Crippen molar-refractivity contribution in [2.24, 2.45) is 40.5 Å². The molecule has 5 heterocycles. The molecule has 1 aromatic carbocycles. The van der Waals surface area contributed by atoms with Crippen molar-refractivity contribution in [1.29, 1.82) is 0 Å². The van der Waals surface area contributed by atoms with Gasteiger partial charge in [-0.25, -0.2) is 0 Å². The zero-order valence-corrected chi connectivity index (χ0v) is 22.1. The first kappa shape index (κ1) is 24.7. The number of esters is 1. The number of carbonyl (C=O) groups excluding carboxylic acids is 2. The average Bonchev–Trinajstić information content (AvgIpc) is 3.51. The molecule has 1 amide bonds. The minimum atomic E-state index is -1.30. The largest absolute Gasteiger partial charge is 0.462 e. The quantitative estimate of drug-likeness (QED) is 0.566. The molecular formula is C29H36N2O7. The van der Waals surface area contributed by atoms with Crippen LogP contribution in [0.1, 0.15) is 45.1 Å². The Bertz CT molecular complexity index is 1220. The number of fused-ring (bicyclic) bond motifs is 3. The van der Waals surface area contributed by atoms with E-state index in [4.69, 9.17) is 19.3 Å². The van der Waals surface area contributed by atoms with Crippen LogP contribution in [0.4, 0.5) is 5.69 Å². The molecule has 9 nitrogen and oxygen atoms in total. The highest BCUT2D eigenvalue weighted by atomic mass is 16.7. The maximum atomic E-state index is 13.9. The molecule has 1 aromatic rings. The van der Waals surface area contributed by atoms with Crippen molar-refractivity contribution in [1.82, 2.24) is 0 Å². The van der Waals surface area contributed by atoms with E-state index in [-0.39, 0.29) is 72.7 Å². The van der Waals surface area contributed by atoms with Crippen molar-refractivity contribution >= 4 is 23.3 Å². The Morgan fingerprint density at radius 2 is 2.05 bits per heavy atom. The second-order valence-corrected chi connectivity index (χ2v) is 12.6. The summed E-state index contributed by atoms with van der Waals surface area (Å²) in [6, 6.07) is 7.56. The first-order valence-electron chi connectivity index (χ1n) is 13.9.